The molecule has 0 saturated heterocycles. The molecule has 1 aromatic carbocycles. The first-order valence-corrected chi connectivity index (χ1v) is 4.73. The first-order valence-electron chi connectivity index (χ1n) is 4.73. The van der Waals surface area contributed by atoms with Crippen LogP contribution in [0, 0.1) is 0 Å². The number of hydrogen-bond donors (Lipinski definition) is 2. The van der Waals surface area contributed by atoms with Gasteiger partial charge in [0, 0.05) is 6.07 Å². The quantitative estimate of drug-likeness (QED) is 0.814. The molecule has 5 heteroatoms. The first kappa shape index (κ1) is 10.2. The van der Waals surface area contributed by atoms with Crippen molar-refractivity contribution in [1.82, 2.24) is 10.5 Å². The Bertz CT molecular complexity index is 480. The molecule has 16 heavy (non-hydrogen) atoms. The van der Waals surface area contributed by atoms with Gasteiger partial charge >= 0.3 is 0 Å². The zero-order valence-corrected chi connectivity index (χ0v) is 8.38. The maximum atomic E-state index is 11.6. The Morgan fingerprint density at radius 1 is 1.38 bits per heavy atom. The van der Waals surface area contributed by atoms with Crippen LogP contribution >= 0.6 is 0 Å². The number of amides is 1. The fourth-order valence-electron chi connectivity index (χ4n) is 1.26. The fraction of sp³-hybridized carbons (Fsp3) is 0.0909. The lowest BCUT2D eigenvalue weighted by Crippen LogP contribution is -2.22. The second kappa shape index (κ2) is 4.48. The van der Waals surface area contributed by atoms with Gasteiger partial charge in [-0.2, -0.15) is 0 Å². The molecule has 0 fully saturated rings. The summed E-state index contributed by atoms with van der Waals surface area (Å²) in [6.07, 6.45) is 1.43. The summed E-state index contributed by atoms with van der Waals surface area (Å²) in [4.78, 5) is 11.6. The van der Waals surface area contributed by atoms with Gasteiger partial charge < -0.3 is 14.9 Å². The van der Waals surface area contributed by atoms with Gasteiger partial charge in [0.05, 0.1) is 12.1 Å². The Balaban J connectivity index is 2.01. The third-order valence-corrected chi connectivity index (χ3v) is 2.07. The van der Waals surface area contributed by atoms with Crippen LogP contribution in [0.4, 0.5) is 0 Å². The van der Waals surface area contributed by atoms with Gasteiger partial charge in [-0.1, -0.05) is 17.3 Å². The smallest absolute Gasteiger partial charge is 0.255 e. The Morgan fingerprint density at radius 2 is 2.19 bits per heavy atom. The lowest BCUT2D eigenvalue weighted by Gasteiger charge is -2.04. The molecular formula is C11H10N2O3. The Kier molecular flexibility index (Phi) is 2.86. The molecule has 0 aliphatic rings. The van der Waals surface area contributed by atoms with E-state index in [0.29, 0.717) is 5.69 Å². The fourth-order valence-corrected chi connectivity index (χ4v) is 1.26. The number of carbonyl (C=O) groups is 1. The van der Waals surface area contributed by atoms with E-state index in [4.69, 9.17) is 0 Å². The number of nitrogens with one attached hydrogen (secondary N) is 1. The van der Waals surface area contributed by atoms with Crippen LogP contribution in [0.2, 0.25) is 0 Å². The van der Waals surface area contributed by atoms with Gasteiger partial charge in [-0.25, -0.2) is 0 Å². The third-order valence-electron chi connectivity index (χ3n) is 2.07. The SMILES string of the molecule is O=C(NCc1ccon1)c1ccccc1O. The van der Waals surface area contributed by atoms with Crippen LogP contribution in [0.25, 0.3) is 0 Å². The van der Waals surface area contributed by atoms with Gasteiger partial charge in [-0.3, -0.25) is 4.79 Å². The van der Waals surface area contributed by atoms with Crippen molar-refractivity contribution in [2.24, 2.45) is 0 Å². The number of phenols is 1. The minimum Gasteiger partial charge on any atom is -0.507 e. The van der Waals surface area contributed by atoms with Crippen molar-refractivity contribution in [2.45, 2.75) is 6.54 Å². The summed E-state index contributed by atoms with van der Waals surface area (Å²) in [7, 11) is 0. The highest BCUT2D eigenvalue weighted by Crippen LogP contribution is 2.15. The standard InChI is InChI=1S/C11H10N2O3/c14-10-4-2-1-3-9(10)11(15)12-7-8-5-6-16-13-8/h1-6,14H,7H2,(H,12,15). The molecule has 0 unspecified atom stereocenters. The van der Waals surface area contributed by atoms with Gasteiger partial charge in [0.1, 0.15) is 17.7 Å². The number of hydrogen-bond acceptors (Lipinski definition) is 4. The van der Waals surface area contributed by atoms with E-state index in [9.17, 15) is 9.90 Å². The first-order chi connectivity index (χ1) is 7.77. The van der Waals surface area contributed by atoms with Crippen molar-refractivity contribution in [3.63, 3.8) is 0 Å². The lowest BCUT2D eigenvalue weighted by atomic mass is 10.2. The predicted octanol–water partition coefficient (Wildman–Crippen LogP) is 1.31. The predicted molar refractivity (Wildman–Crippen MR) is 55.8 cm³/mol. The second-order valence-corrected chi connectivity index (χ2v) is 3.19. The number of carbonyl (C=O) groups excluding carboxylic acids is 1. The number of benzene rings is 1. The average molecular weight is 218 g/mol. The van der Waals surface area contributed by atoms with Crippen molar-refractivity contribution in [1.29, 1.82) is 0 Å². The van der Waals surface area contributed by atoms with Crippen LogP contribution in [0.1, 0.15) is 16.1 Å². The van der Waals surface area contributed by atoms with Crippen molar-refractivity contribution in [2.75, 3.05) is 0 Å². The van der Waals surface area contributed by atoms with Crippen LogP contribution in [-0.4, -0.2) is 16.2 Å². The highest BCUT2D eigenvalue weighted by atomic mass is 16.5. The van der Waals surface area contributed by atoms with E-state index in [0.717, 1.165) is 0 Å². The molecule has 0 bridgehead atoms. The van der Waals surface area contributed by atoms with E-state index >= 15 is 0 Å². The Morgan fingerprint density at radius 3 is 2.88 bits per heavy atom. The van der Waals surface area contributed by atoms with Crippen LogP contribution in [0.5, 0.6) is 5.75 Å². The minimum absolute atomic E-state index is 0.0415. The molecule has 2 aromatic rings. The molecule has 2 rings (SSSR count). The number of phenolic OH excluding ortho intramolecular Hbond substituents is 1. The van der Waals surface area contributed by atoms with Gasteiger partial charge in [0.25, 0.3) is 5.91 Å². The van der Waals surface area contributed by atoms with Crippen LogP contribution in [0.15, 0.2) is 41.1 Å². The molecule has 0 spiro atoms. The highest BCUT2D eigenvalue weighted by Gasteiger charge is 2.09. The van der Waals surface area contributed by atoms with Gasteiger partial charge in [0.2, 0.25) is 0 Å². The number of para-hydroxylation sites is 1. The second-order valence-electron chi connectivity index (χ2n) is 3.19. The van der Waals surface area contributed by atoms with E-state index < -0.39 is 0 Å². The van der Waals surface area contributed by atoms with Gasteiger partial charge in [0.15, 0.2) is 0 Å². The molecule has 0 atom stereocenters. The maximum Gasteiger partial charge on any atom is 0.255 e. The van der Waals surface area contributed by atoms with Gasteiger partial charge in [-0.05, 0) is 12.1 Å². The molecule has 0 aliphatic carbocycles. The number of aromatic nitrogens is 1. The molecule has 0 aliphatic heterocycles. The largest absolute Gasteiger partial charge is 0.507 e. The van der Waals surface area contributed by atoms with E-state index in [1.165, 1.54) is 12.3 Å². The Labute approximate surface area is 91.7 Å². The summed E-state index contributed by atoms with van der Waals surface area (Å²) in [5.41, 5.74) is 0.870. The molecule has 0 radical (unpaired) electrons. The topological polar surface area (TPSA) is 75.4 Å². The average Bonchev–Trinajstić information content (AvgIpc) is 2.79. The number of nitrogens with zero attached hydrogens (tertiary/aromatic N) is 1. The molecular weight excluding hydrogens is 208 g/mol. The summed E-state index contributed by atoms with van der Waals surface area (Å²) in [6, 6.07) is 8.01. The van der Waals surface area contributed by atoms with Crippen molar-refractivity contribution in [3.8, 4) is 5.75 Å². The minimum atomic E-state index is -0.346. The van der Waals surface area contributed by atoms with Crippen LogP contribution in [0.3, 0.4) is 0 Å². The molecule has 5 nitrogen and oxygen atoms in total. The molecule has 1 heterocycles. The van der Waals surface area contributed by atoms with E-state index in [-0.39, 0.29) is 23.8 Å². The summed E-state index contributed by atoms with van der Waals surface area (Å²) in [6.45, 7) is 0.268. The van der Waals surface area contributed by atoms with E-state index in [2.05, 4.69) is 15.0 Å². The van der Waals surface area contributed by atoms with Gasteiger partial charge in [-0.15, -0.1) is 0 Å². The monoisotopic (exact) mass is 218 g/mol. The summed E-state index contributed by atoms with van der Waals surface area (Å²) in [5.74, 6) is -0.388. The Hall–Kier alpha value is -2.30. The zero-order chi connectivity index (χ0) is 11.4. The summed E-state index contributed by atoms with van der Waals surface area (Å²) in [5, 5.41) is 15.7. The molecule has 1 amide bonds. The maximum absolute atomic E-state index is 11.6. The highest BCUT2D eigenvalue weighted by molar-refractivity contribution is 5.96. The lowest BCUT2D eigenvalue weighted by molar-refractivity contribution is 0.0947. The van der Waals surface area contributed by atoms with Crippen molar-refractivity contribution < 1.29 is 14.4 Å². The molecule has 0 saturated carbocycles. The van der Waals surface area contributed by atoms with Crippen molar-refractivity contribution >= 4 is 5.91 Å². The number of rotatable bonds is 3. The zero-order valence-electron chi connectivity index (χ0n) is 8.38. The molecule has 1 aromatic heterocycles. The number of aromatic hydroxyl groups is 1. The van der Waals surface area contributed by atoms with Crippen LogP contribution < -0.4 is 5.32 Å². The van der Waals surface area contributed by atoms with Crippen molar-refractivity contribution in [3.05, 3.63) is 47.9 Å². The van der Waals surface area contributed by atoms with Crippen LogP contribution in [-0.2, 0) is 6.54 Å². The third kappa shape index (κ3) is 2.20. The van der Waals surface area contributed by atoms with E-state index in [1.54, 1.807) is 24.3 Å². The molecule has 82 valence electrons. The summed E-state index contributed by atoms with van der Waals surface area (Å²) >= 11 is 0. The summed E-state index contributed by atoms with van der Waals surface area (Å²) < 4.78 is 4.63. The molecule has 2 N–H and O–H groups in total. The normalized spacial score (nSPS) is 10.0. The van der Waals surface area contributed by atoms with E-state index in [1.807, 2.05) is 0 Å².